The molecule has 8 heteroatoms. The van der Waals surface area contributed by atoms with E-state index >= 15 is 0 Å². The van der Waals surface area contributed by atoms with Gasteiger partial charge in [-0.3, -0.25) is 9.59 Å². The smallest absolute Gasteiger partial charge is 0.329 e. The van der Waals surface area contributed by atoms with Gasteiger partial charge in [0.25, 0.3) is 5.91 Å². The van der Waals surface area contributed by atoms with Gasteiger partial charge in [-0.15, -0.1) is 0 Å². The topological polar surface area (TPSA) is 102 Å². The first-order valence-electron chi connectivity index (χ1n) is 10.8. The fourth-order valence-electron chi connectivity index (χ4n) is 3.76. The average molecular weight is 427 g/mol. The van der Waals surface area contributed by atoms with E-state index < -0.39 is 24.5 Å². The number of ether oxygens (including phenoxy) is 1. The van der Waals surface area contributed by atoms with Crippen molar-refractivity contribution in [2.24, 2.45) is 5.92 Å². The van der Waals surface area contributed by atoms with Gasteiger partial charge in [-0.1, -0.05) is 57.0 Å². The molecule has 0 saturated heterocycles. The van der Waals surface area contributed by atoms with Crippen molar-refractivity contribution in [2.45, 2.75) is 58.0 Å². The zero-order valence-electron chi connectivity index (χ0n) is 18.0. The first-order chi connectivity index (χ1) is 14.9. The Morgan fingerprint density at radius 3 is 2.48 bits per heavy atom. The summed E-state index contributed by atoms with van der Waals surface area (Å²) in [5.41, 5.74) is 0.856. The van der Waals surface area contributed by atoms with Crippen molar-refractivity contribution < 1.29 is 19.1 Å². The molecule has 1 aliphatic rings. The second-order valence-corrected chi connectivity index (χ2v) is 8.21. The molecule has 1 aliphatic carbocycles. The van der Waals surface area contributed by atoms with Gasteiger partial charge in [0.1, 0.15) is 11.9 Å². The lowest BCUT2D eigenvalue weighted by molar-refractivity contribution is -0.151. The molecule has 2 amide bonds. The van der Waals surface area contributed by atoms with Crippen LogP contribution in [-0.2, 0) is 25.5 Å². The maximum Gasteiger partial charge on any atom is 0.329 e. The van der Waals surface area contributed by atoms with E-state index in [-0.39, 0.29) is 24.3 Å². The molecule has 1 aromatic heterocycles. The summed E-state index contributed by atoms with van der Waals surface area (Å²) in [5, 5.41) is 9.79. The first-order valence-corrected chi connectivity index (χ1v) is 10.8. The third-order valence-electron chi connectivity index (χ3n) is 5.40. The highest BCUT2D eigenvalue weighted by molar-refractivity contribution is 5.93. The van der Waals surface area contributed by atoms with Crippen molar-refractivity contribution in [3.63, 3.8) is 0 Å². The van der Waals surface area contributed by atoms with E-state index in [1.54, 1.807) is 12.3 Å². The molecule has 1 fully saturated rings. The SMILES string of the molecule is CC(C)[C@H](NC(=O)Cc1ccccc1)C(=O)OCC(=O)Nc1ccnn1C1CCCC1. The second-order valence-electron chi connectivity index (χ2n) is 8.21. The van der Waals surface area contributed by atoms with Gasteiger partial charge < -0.3 is 15.4 Å². The molecule has 2 aromatic rings. The Balaban J connectivity index is 1.50. The van der Waals surface area contributed by atoms with Crippen LogP contribution in [0.5, 0.6) is 0 Å². The Morgan fingerprint density at radius 2 is 1.81 bits per heavy atom. The summed E-state index contributed by atoms with van der Waals surface area (Å²) in [6, 6.07) is 10.5. The number of rotatable bonds is 9. The zero-order chi connectivity index (χ0) is 22.2. The van der Waals surface area contributed by atoms with Crippen molar-refractivity contribution in [1.82, 2.24) is 15.1 Å². The molecule has 1 atom stereocenters. The quantitative estimate of drug-likeness (QED) is 0.600. The number of carbonyl (C=O) groups excluding carboxylic acids is 3. The molecule has 0 radical (unpaired) electrons. The number of esters is 1. The fourth-order valence-corrected chi connectivity index (χ4v) is 3.76. The van der Waals surface area contributed by atoms with E-state index in [4.69, 9.17) is 4.74 Å². The summed E-state index contributed by atoms with van der Waals surface area (Å²) >= 11 is 0. The molecule has 2 N–H and O–H groups in total. The summed E-state index contributed by atoms with van der Waals surface area (Å²) in [6.45, 7) is 3.20. The van der Waals surface area contributed by atoms with Gasteiger partial charge in [-0.05, 0) is 24.3 Å². The third kappa shape index (κ3) is 6.41. The Labute approximate surface area is 182 Å². The van der Waals surface area contributed by atoms with Crippen molar-refractivity contribution in [3.8, 4) is 0 Å². The molecule has 3 rings (SSSR count). The van der Waals surface area contributed by atoms with Crippen LogP contribution in [0.2, 0.25) is 0 Å². The van der Waals surface area contributed by atoms with E-state index in [0.29, 0.717) is 5.82 Å². The van der Waals surface area contributed by atoms with Crippen LogP contribution in [0.25, 0.3) is 0 Å². The molecule has 166 valence electrons. The second kappa shape index (κ2) is 10.7. The maximum atomic E-state index is 12.5. The highest BCUT2D eigenvalue weighted by Crippen LogP contribution is 2.31. The molecule has 0 aliphatic heterocycles. The number of aromatic nitrogens is 2. The molecule has 0 spiro atoms. The molecule has 1 saturated carbocycles. The van der Waals surface area contributed by atoms with Gasteiger partial charge in [0.2, 0.25) is 5.91 Å². The van der Waals surface area contributed by atoms with E-state index in [0.717, 1.165) is 31.2 Å². The molecule has 0 unspecified atom stereocenters. The number of amides is 2. The van der Waals surface area contributed by atoms with Gasteiger partial charge >= 0.3 is 5.97 Å². The van der Waals surface area contributed by atoms with Gasteiger partial charge in [0.05, 0.1) is 18.7 Å². The predicted octanol–water partition coefficient (Wildman–Crippen LogP) is 2.86. The number of carbonyl (C=O) groups is 3. The van der Waals surface area contributed by atoms with Gasteiger partial charge in [-0.25, -0.2) is 9.48 Å². The van der Waals surface area contributed by atoms with Crippen molar-refractivity contribution >= 4 is 23.6 Å². The number of benzene rings is 1. The number of hydrogen-bond donors (Lipinski definition) is 2. The molecular formula is C23H30N4O4. The largest absolute Gasteiger partial charge is 0.454 e. The van der Waals surface area contributed by atoms with E-state index in [2.05, 4.69) is 15.7 Å². The third-order valence-corrected chi connectivity index (χ3v) is 5.40. The van der Waals surface area contributed by atoms with Gasteiger partial charge in [0, 0.05) is 6.07 Å². The Kier molecular flexibility index (Phi) is 7.81. The highest BCUT2D eigenvalue weighted by atomic mass is 16.5. The Morgan fingerprint density at radius 1 is 1.10 bits per heavy atom. The number of nitrogens with one attached hydrogen (secondary N) is 2. The van der Waals surface area contributed by atoms with Crippen LogP contribution in [0.15, 0.2) is 42.6 Å². The normalized spacial score (nSPS) is 14.9. The molecule has 0 bridgehead atoms. The van der Waals surface area contributed by atoms with Crippen LogP contribution in [0, 0.1) is 5.92 Å². The maximum absolute atomic E-state index is 12.5. The molecule has 8 nitrogen and oxygen atoms in total. The standard InChI is InChI=1S/C23H30N4O4/c1-16(2)22(26-20(28)14-17-8-4-3-5-9-17)23(30)31-15-21(29)25-19-12-13-24-27(19)18-10-6-7-11-18/h3-5,8-9,12-13,16,18,22H,6-7,10-11,14-15H2,1-2H3,(H,25,29)(H,26,28)/t22-/m0/s1. The summed E-state index contributed by atoms with van der Waals surface area (Å²) < 4.78 is 7.02. The van der Waals surface area contributed by atoms with Gasteiger partial charge in [0.15, 0.2) is 6.61 Å². The van der Waals surface area contributed by atoms with Gasteiger partial charge in [-0.2, -0.15) is 5.10 Å². The minimum atomic E-state index is -0.826. The van der Waals surface area contributed by atoms with Crippen LogP contribution in [0.3, 0.4) is 0 Å². The zero-order valence-corrected chi connectivity index (χ0v) is 18.0. The van der Waals surface area contributed by atoms with Crippen molar-refractivity contribution in [3.05, 3.63) is 48.2 Å². The Bertz CT molecular complexity index is 888. The lowest BCUT2D eigenvalue weighted by Gasteiger charge is -2.21. The average Bonchev–Trinajstić information content (AvgIpc) is 3.42. The van der Waals surface area contributed by atoms with Crippen molar-refractivity contribution in [1.29, 1.82) is 0 Å². The lowest BCUT2D eigenvalue weighted by Crippen LogP contribution is -2.46. The summed E-state index contributed by atoms with van der Waals surface area (Å²) in [5.74, 6) is -0.919. The molecular weight excluding hydrogens is 396 g/mol. The highest BCUT2D eigenvalue weighted by Gasteiger charge is 2.27. The predicted molar refractivity (Wildman–Crippen MR) is 116 cm³/mol. The first kappa shape index (κ1) is 22.5. The summed E-state index contributed by atoms with van der Waals surface area (Å²) in [7, 11) is 0. The van der Waals surface area contributed by atoms with Crippen LogP contribution in [-0.4, -0.2) is 40.2 Å². The van der Waals surface area contributed by atoms with Crippen LogP contribution >= 0.6 is 0 Å². The molecule has 1 aromatic carbocycles. The Hall–Kier alpha value is -3.16. The molecule has 1 heterocycles. The van der Waals surface area contributed by atoms with E-state index in [1.807, 2.05) is 48.9 Å². The minimum Gasteiger partial charge on any atom is -0.454 e. The van der Waals surface area contributed by atoms with Crippen LogP contribution in [0.4, 0.5) is 5.82 Å². The molecule has 31 heavy (non-hydrogen) atoms. The lowest BCUT2D eigenvalue weighted by atomic mass is 10.0. The number of anilines is 1. The number of hydrogen-bond acceptors (Lipinski definition) is 5. The van der Waals surface area contributed by atoms with Crippen LogP contribution in [0.1, 0.15) is 51.1 Å². The monoisotopic (exact) mass is 426 g/mol. The summed E-state index contributed by atoms with van der Waals surface area (Å²) in [6.07, 6.45) is 6.21. The number of nitrogens with zero attached hydrogens (tertiary/aromatic N) is 2. The summed E-state index contributed by atoms with van der Waals surface area (Å²) in [4.78, 5) is 37.2. The van der Waals surface area contributed by atoms with Crippen molar-refractivity contribution in [2.75, 3.05) is 11.9 Å². The van der Waals surface area contributed by atoms with E-state index in [9.17, 15) is 14.4 Å². The minimum absolute atomic E-state index is 0.170. The van der Waals surface area contributed by atoms with E-state index in [1.165, 1.54) is 0 Å². The fraction of sp³-hybridized carbons (Fsp3) is 0.478. The van der Waals surface area contributed by atoms with Crippen LogP contribution < -0.4 is 10.6 Å².